The number of urea groups is 1. The van der Waals surface area contributed by atoms with Crippen molar-refractivity contribution < 1.29 is 14.4 Å². The molecule has 0 bridgehead atoms. The van der Waals surface area contributed by atoms with E-state index in [9.17, 15) is 14.4 Å². The average molecular weight is 363 g/mol. The van der Waals surface area contributed by atoms with Gasteiger partial charge in [-0.25, -0.2) is 9.69 Å². The van der Waals surface area contributed by atoms with Crippen LogP contribution in [0.5, 0.6) is 0 Å². The van der Waals surface area contributed by atoms with Gasteiger partial charge in [0.15, 0.2) is 0 Å². The second kappa shape index (κ2) is 7.86. The summed E-state index contributed by atoms with van der Waals surface area (Å²) in [5, 5.41) is 5.22. The molecule has 2 N–H and O–H groups in total. The van der Waals surface area contributed by atoms with Gasteiger partial charge in [0.25, 0.3) is 5.91 Å². The summed E-state index contributed by atoms with van der Waals surface area (Å²) in [6.45, 7) is 3.83. The molecule has 4 amide bonds. The van der Waals surface area contributed by atoms with Gasteiger partial charge >= 0.3 is 6.03 Å². The van der Waals surface area contributed by atoms with E-state index >= 15 is 0 Å². The Hall–Kier alpha value is -3.41. The Morgan fingerprint density at radius 2 is 1.74 bits per heavy atom. The van der Waals surface area contributed by atoms with Crippen LogP contribution in [0.4, 0.5) is 10.5 Å². The van der Waals surface area contributed by atoms with E-state index in [1.54, 1.807) is 18.2 Å². The molecule has 0 saturated carbocycles. The summed E-state index contributed by atoms with van der Waals surface area (Å²) in [4.78, 5) is 37.6. The maximum absolute atomic E-state index is 12.4. The third kappa shape index (κ3) is 4.41. The van der Waals surface area contributed by atoms with Gasteiger partial charge in [-0.05, 0) is 35.3 Å². The lowest BCUT2D eigenvalue weighted by Crippen LogP contribution is -2.38. The van der Waals surface area contributed by atoms with Gasteiger partial charge in [0.05, 0.1) is 0 Å². The number of hydrogen-bond donors (Lipinski definition) is 2. The highest BCUT2D eigenvalue weighted by atomic mass is 16.2. The van der Waals surface area contributed by atoms with Gasteiger partial charge in [0, 0.05) is 5.69 Å². The van der Waals surface area contributed by atoms with Crippen molar-refractivity contribution in [1.29, 1.82) is 0 Å². The molecule has 1 aliphatic heterocycles. The zero-order chi connectivity index (χ0) is 19.4. The van der Waals surface area contributed by atoms with Gasteiger partial charge in [-0.1, -0.05) is 56.3 Å². The Morgan fingerprint density at radius 3 is 2.37 bits per heavy atom. The largest absolute Gasteiger partial charge is 0.329 e. The van der Waals surface area contributed by atoms with E-state index in [4.69, 9.17) is 0 Å². The first-order chi connectivity index (χ1) is 12.9. The Morgan fingerprint density at radius 1 is 1.07 bits per heavy atom. The molecule has 0 spiro atoms. The molecule has 1 fully saturated rings. The smallest absolute Gasteiger partial charge is 0.325 e. The van der Waals surface area contributed by atoms with Crippen molar-refractivity contribution in [2.24, 2.45) is 0 Å². The summed E-state index contributed by atoms with van der Waals surface area (Å²) in [6.07, 6.45) is 1.59. The monoisotopic (exact) mass is 363 g/mol. The highest BCUT2D eigenvalue weighted by Gasteiger charge is 2.34. The van der Waals surface area contributed by atoms with Crippen LogP contribution in [0.3, 0.4) is 0 Å². The lowest BCUT2D eigenvalue weighted by molar-refractivity contribution is -0.127. The van der Waals surface area contributed by atoms with Crippen LogP contribution >= 0.6 is 0 Å². The van der Waals surface area contributed by atoms with E-state index in [0.717, 1.165) is 16.0 Å². The third-order valence-corrected chi connectivity index (χ3v) is 4.24. The van der Waals surface area contributed by atoms with E-state index in [1.165, 1.54) is 0 Å². The van der Waals surface area contributed by atoms with Crippen molar-refractivity contribution in [1.82, 2.24) is 10.2 Å². The highest BCUT2D eigenvalue weighted by Crippen LogP contribution is 2.18. The molecule has 1 heterocycles. The molecule has 3 rings (SSSR count). The second-order valence-corrected chi connectivity index (χ2v) is 6.62. The minimum absolute atomic E-state index is 0.153. The molecule has 0 aromatic heterocycles. The number of amides is 4. The fourth-order valence-electron chi connectivity index (χ4n) is 2.73. The number of hydrogen-bond acceptors (Lipinski definition) is 3. The summed E-state index contributed by atoms with van der Waals surface area (Å²) in [6, 6.07) is 16.1. The Kier molecular flexibility index (Phi) is 5.35. The summed E-state index contributed by atoms with van der Waals surface area (Å²) in [5.74, 6) is -0.554. The molecular weight excluding hydrogens is 342 g/mol. The first-order valence-corrected chi connectivity index (χ1v) is 8.73. The predicted molar refractivity (Wildman–Crippen MR) is 104 cm³/mol. The van der Waals surface area contributed by atoms with Crippen molar-refractivity contribution in [2.75, 3.05) is 11.9 Å². The molecule has 1 saturated heterocycles. The predicted octanol–water partition coefficient (Wildman–Crippen LogP) is 3.34. The van der Waals surface area contributed by atoms with E-state index in [0.29, 0.717) is 11.6 Å². The van der Waals surface area contributed by atoms with Crippen LogP contribution in [-0.4, -0.2) is 29.3 Å². The number of benzene rings is 2. The molecule has 0 radical (unpaired) electrons. The number of nitrogens with zero attached hydrogens (tertiary/aromatic N) is 1. The molecule has 6 nitrogen and oxygen atoms in total. The number of rotatable bonds is 5. The maximum Gasteiger partial charge on any atom is 0.329 e. The molecule has 0 aliphatic carbocycles. The number of imide groups is 1. The van der Waals surface area contributed by atoms with Crippen molar-refractivity contribution in [2.45, 2.75) is 19.8 Å². The Labute approximate surface area is 157 Å². The lowest BCUT2D eigenvalue weighted by atomic mass is 10.0. The Balaban J connectivity index is 1.64. The first kappa shape index (κ1) is 18.4. The minimum Gasteiger partial charge on any atom is -0.325 e. The van der Waals surface area contributed by atoms with Gasteiger partial charge in [-0.3, -0.25) is 9.59 Å². The molecule has 0 unspecified atom stereocenters. The molecule has 27 heavy (non-hydrogen) atoms. The van der Waals surface area contributed by atoms with Crippen LogP contribution in [0.25, 0.3) is 6.08 Å². The third-order valence-electron chi connectivity index (χ3n) is 4.24. The van der Waals surface area contributed by atoms with Gasteiger partial charge in [0.2, 0.25) is 5.91 Å². The number of anilines is 1. The SMILES string of the molecule is CC(C)c1ccc(NC(=O)CN2C(=O)N/C(=C\c3ccccc3)C2=O)cc1. The van der Waals surface area contributed by atoms with Crippen molar-refractivity contribution in [3.8, 4) is 0 Å². The van der Waals surface area contributed by atoms with Crippen LogP contribution in [0.15, 0.2) is 60.3 Å². The van der Waals surface area contributed by atoms with E-state index < -0.39 is 17.8 Å². The second-order valence-electron chi connectivity index (χ2n) is 6.62. The molecule has 0 atom stereocenters. The quantitative estimate of drug-likeness (QED) is 0.632. The zero-order valence-corrected chi connectivity index (χ0v) is 15.2. The van der Waals surface area contributed by atoms with Gasteiger partial charge in [0.1, 0.15) is 12.2 Å². The van der Waals surface area contributed by atoms with Crippen LogP contribution in [-0.2, 0) is 9.59 Å². The zero-order valence-electron chi connectivity index (χ0n) is 15.2. The van der Waals surface area contributed by atoms with Crippen LogP contribution in [0.2, 0.25) is 0 Å². The van der Waals surface area contributed by atoms with Gasteiger partial charge < -0.3 is 10.6 Å². The number of carbonyl (C=O) groups excluding carboxylic acids is 3. The molecule has 2 aromatic rings. The van der Waals surface area contributed by atoms with Crippen LogP contribution < -0.4 is 10.6 Å². The number of carbonyl (C=O) groups is 3. The average Bonchev–Trinajstić information content (AvgIpc) is 2.90. The molecule has 2 aromatic carbocycles. The lowest BCUT2D eigenvalue weighted by Gasteiger charge is -2.12. The van der Waals surface area contributed by atoms with E-state index in [1.807, 2.05) is 42.5 Å². The summed E-state index contributed by atoms with van der Waals surface area (Å²) >= 11 is 0. The summed E-state index contributed by atoms with van der Waals surface area (Å²) < 4.78 is 0. The van der Waals surface area contributed by atoms with Crippen molar-refractivity contribution >= 4 is 29.6 Å². The maximum atomic E-state index is 12.4. The van der Waals surface area contributed by atoms with Crippen molar-refractivity contribution in [3.63, 3.8) is 0 Å². The fourth-order valence-corrected chi connectivity index (χ4v) is 2.73. The van der Waals surface area contributed by atoms with E-state index in [-0.39, 0.29) is 12.2 Å². The van der Waals surface area contributed by atoms with E-state index in [2.05, 4.69) is 24.5 Å². The fraction of sp³-hybridized carbons (Fsp3) is 0.190. The molecular formula is C21H21N3O3. The molecule has 1 aliphatic rings. The first-order valence-electron chi connectivity index (χ1n) is 8.73. The number of nitrogens with one attached hydrogen (secondary N) is 2. The van der Waals surface area contributed by atoms with Crippen LogP contribution in [0, 0.1) is 0 Å². The topological polar surface area (TPSA) is 78.5 Å². The molecule has 138 valence electrons. The van der Waals surface area contributed by atoms with Gasteiger partial charge in [-0.15, -0.1) is 0 Å². The standard InChI is InChI=1S/C21H21N3O3/c1-14(2)16-8-10-17(11-9-16)22-19(25)13-24-20(26)18(23-21(24)27)12-15-6-4-3-5-7-15/h3-12,14H,13H2,1-2H3,(H,22,25)(H,23,27)/b18-12-. The normalized spacial score (nSPS) is 15.4. The van der Waals surface area contributed by atoms with Crippen LogP contribution in [0.1, 0.15) is 30.9 Å². The van der Waals surface area contributed by atoms with Crippen molar-refractivity contribution in [3.05, 3.63) is 71.4 Å². The minimum atomic E-state index is -0.604. The summed E-state index contributed by atoms with van der Waals surface area (Å²) in [7, 11) is 0. The summed E-state index contributed by atoms with van der Waals surface area (Å²) in [5.41, 5.74) is 2.73. The Bertz CT molecular complexity index is 887. The van der Waals surface area contributed by atoms with Gasteiger partial charge in [-0.2, -0.15) is 0 Å². The molecule has 6 heteroatoms. The highest BCUT2D eigenvalue weighted by molar-refractivity contribution is 6.15.